The fourth-order valence-electron chi connectivity index (χ4n) is 2.84. The molecule has 0 radical (unpaired) electrons. The van der Waals surface area contributed by atoms with Crippen molar-refractivity contribution < 1.29 is 14.4 Å². The minimum absolute atomic E-state index is 0.0247. The SMILES string of the molecule is C=C/C=C(\C=C)Cn1cc(C(=O)N(C)OC)c(Nc2ccc(OC(C)C)c(Cl)c2)cc1=O. The Balaban J connectivity index is 2.50. The summed E-state index contributed by atoms with van der Waals surface area (Å²) in [5, 5.41) is 4.59. The minimum Gasteiger partial charge on any atom is -0.489 e. The van der Waals surface area contributed by atoms with E-state index in [0.717, 1.165) is 10.6 Å². The van der Waals surface area contributed by atoms with Crippen LogP contribution in [0.5, 0.6) is 5.75 Å². The summed E-state index contributed by atoms with van der Waals surface area (Å²) >= 11 is 6.32. The van der Waals surface area contributed by atoms with Crippen LogP contribution in [0.15, 0.2) is 72.2 Å². The van der Waals surface area contributed by atoms with E-state index >= 15 is 0 Å². The Bertz CT molecular complexity index is 1090. The van der Waals surface area contributed by atoms with Gasteiger partial charge in [0.25, 0.3) is 11.5 Å². The zero-order valence-corrected chi connectivity index (χ0v) is 19.5. The van der Waals surface area contributed by atoms with Crippen molar-refractivity contribution in [3.05, 3.63) is 88.4 Å². The molecule has 1 aromatic carbocycles. The van der Waals surface area contributed by atoms with Gasteiger partial charge in [0.2, 0.25) is 0 Å². The highest BCUT2D eigenvalue weighted by atomic mass is 35.5. The fraction of sp³-hybridized carbons (Fsp3) is 0.250. The Morgan fingerprint density at radius 3 is 2.59 bits per heavy atom. The molecule has 1 amide bonds. The normalized spacial score (nSPS) is 11.2. The van der Waals surface area contributed by atoms with Gasteiger partial charge >= 0.3 is 0 Å². The van der Waals surface area contributed by atoms with Gasteiger partial charge in [0.05, 0.1) is 36.0 Å². The number of nitrogens with one attached hydrogen (secondary N) is 1. The van der Waals surface area contributed by atoms with Crippen molar-refractivity contribution in [1.29, 1.82) is 0 Å². The van der Waals surface area contributed by atoms with Gasteiger partial charge in [0.1, 0.15) is 5.75 Å². The van der Waals surface area contributed by atoms with E-state index in [2.05, 4.69) is 18.5 Å². The van der Waals surface area contributed by atoms with Crippen LogP contribution >= 0.6 is 11.6 Å². The van der Waals surface area contributed by atoms with Crippen molar-refractivity contribution in [2.24, 2.45) is 0 Å². The number of allylic oxidation sites excluding steroid dienone is 4. The molecule has 2 aromatic rings. The Morgan fingerprint density at radius 2 is 2.03 bits per heavy atom. The highest BCUT2D eigenvalue weighted by Crippen LogP contribution is 2.30. The predicted molar refractivity (Wildman–Crippen MR) is 129 cm³/mol. The first kappa shape index (κ1) is 25.0. The van der Waals surface area contributed by atoms with Crippen LogP contribution in [-0.4, -0.2) is 35.8 Å². The van der Waals surface area contributed by atoms with Gasteiger partial charge in [0.15, 0.2) is 0 Å². The largest absolute Gasteiger partial charge is 0.489 e. The highest BCUT2D eigenvalue weighted by Gasteiger charge is 2.19. The van der Waals surface area contributed by atoms with Crippen LogP contribution in [0.2, 0.25) is 5.02 Å². The van der Waals surface area contributed by atoms with Crippen molar-refractivity contribution in [3.8, 4) is 5.75 Å². The number of hydrogen-bond donors (Lipinski definition) is 1. The van der Waals surface area contributed by atoms with E-state index in [1.807, 2.05) is 13.8 Å². The molecule has 32 heavy (non-hydrogen) atoms. The lowest BCUT2D eigenvalue weighted by Gasteiger charge is -2.19. The molecule has 0 saturated carbocycles. The minimum atomic E-state index is -0.428. The number of anilines is 2. The molecule has 8 heteroatoms. The van der Waals surface area contributed by atoms with Crippen molar-refractivity contribution >= 4 is 28.9 Å². The van der Waals surface area contributed by atoms with Crippen LogP contribution in [0, 0.1) is 0 Å². The van der Waals surface area contributed by atoms with Crippen LogP contribution in [0.25, 0.3) is 0 Å². The topological polar surface area (TPSA) is 72.8 Å². The number of halogens is 1. The van der Waals surface area contributed by atoms with Gasteiger partial charge in [-0.15, -0.1) is 0 Å². The van der Waals surface area contributed by atoms with Crippen molar-refractivity contribution in [1.82, 2.24) is 9.63 Å². The van der Waals surface area contributed by atoms with Gasteiger partial charge in [-0.1, -0.05) is 43.0 Å². The Morgan fingerprint density at radius 1 is 1.31 bits per heavy atom. The number of nitrogens with zero attached hydrogens (tertiary/aromatic N) is 2. The number of amides is 1. The third kappa shape index (κ3) is 6.35. The van der Waals surface area contributed by atoms with E-state index in [-0.39, 0.29) is 23.8 Å². The summed E-state index contributed by atoms with van der Waals surface area (Å²) in [4.78, 5) is 30.7. The molecule has 1 aromatic heterocycles. The van der Waals surface area contributed by atoms with E-state index in [1.54, 1.807) is 36.4 Å². The molecule has 2 rings (SSSR count). The third-order valence-corrected chi connectivity index (χ3v) is 4.73. The lowest BCUT2D eigenvalue weighted by atomic mass is 10.1. The van der Waals surface area contributed by atoms with Gasteiger partial charge in [-0.05, 0) is 37.6 Å². The van der Waals surface area contributed by atoms with Gasteiger partial charge < -0.3 is 14.6 Å². The molecule has 0 unspecified atom stereocenters. The summed E-state index contributed by atoms with van der Waals surface area (Å²) < 4.78 is 7.07. The van der Waals surface area contributed by atoms with E-state index in [4.69, 9.17) is 21.2 Å². The lowest BCUT2D eigenvalue weighted by molar-refractivity contribution is -0.0756. The van der Waals surface area contributed by atoms with E-state index in [1.165, 1.54) is 31.0 Å². The summed E-state index contributed by atoms with van der Waals surface area (Å²) in [5.41, 5.74) is 1.63. The molecular weight excluding hydrogens is 430 g/mol. The van der Waals surface area contributed by atoms with Crippen molar-refractivity contribution in [2.45, 2.75) is 26.5 Å². The molecule has 0 fully saturated rings. The number of pyridine rings is 1. The predicted octanol–water partition coefficient (Wildman–Crippen LogP) is 4.96. The van der Waals surface area contributed by atoms with Crippen molar-refractivity contribution in [2.75, 3.05) is 19.5 Å². The first-order valence-electron chi connectivity index (χ1n) is 9.94. The summed E-state index contributed by atoms with van der Waals surface area (Å²) in [6, 6.07) is 6.51. The second-order valence-electron chi connectivity index (χ2n) is 7.17. The molecule has 1 heterocycles. The number of carbonyl (C=O) groups is 1. The molecular formula is C24H28ClN3O4. The number of hydroxylamine groups is 2. The zero-order valence-electron chi connectivity index (χ0n) is 18.7. The second-order valence-corrected chi connectivity index (χ2v) is 7.58. The number of hydrogen-bond acceptors (Lipinski definition) is 5. The first-order chi connectivity index (χ1) is 15.2. The number of benzene rings is 1. The average molecular weight is 458 g/mol. The molecule has 170 valence electrons. The van der Waals surface area contributed by atoms with Gasteiger partial charge in [-0.25, -0.2) is 5.06 Å². The maximum absolute atomic E-state index is 12.9. The Hall–Kier alpha value is -3.29. The Labute approximate surface area is 193 Å². The van der Waals surface area contributed by atoms with Crippen molar-refractivity contribution in [3.63, 3.8) is 0 Å². The number of rotatable bonds is 10. The Kier molecular flexibility index (Phi) is 8.87. The molecule has 0 bridgehead atoms. The third-order valence-electron chi connectivity index (χ3n) is 4.44. The van der Waals surface area contributed by atoms with Crippen LogP contribution in [0.1, 0.15) is 24.2 Å². The van der Waals surface area contributed by atoms with E-state index in [9.17, 15) is 9.59 Å². The molecule has 0 aliphatic rings. The first-order valence-corrected chi connectivity index (χ1v) is 10.3. The number of aromatic nitrogens is 1. The van der Waals surface area contributed by atoms with Gasteiger partial charge in [-0.3, -0.25) is 14.4 Å². The summed E-state index contributed by atoms with van der Waals surface area (Å²) in [6.45, 7) is 11.5. The molecule has 0 spiro atoms. The monoisotopic (exact) mass is 457 g/mol. The second kappa shape index (κ2) is 11.4. The van der Waals surface area contributed by atoms with Crippen LogP contribution in [-0.2, 0) is 11.4 Å². The summed E-state index contributed by atoms with van der Waals surface area (Å²) in [5.74, 6) is 0.117. The molecule has 0 aliphatic carbocycles. The molecule has 1 N–H and O–H groups in total. The van der Waals surface area contributed by atoms with E-state index < -0.39 is 5.91 Å². The van der Waals surface area contributed by atoms with Crippen LogP contribution in [0.3, 0.4) is 0 Å². The fourth-order valence-corrected chi connectivity index (χ4v) is 3.07. The molecule has 0 saturated heterocycles. The molecule has 7 nitrogen and oxygen atoms in total. The maximum Gasteiger partial charge on any atom is 0.280 e. The molecule has 0 aliphatic heterocycles. The standard InChI is InChI=1S/C24H28ClN3O4/c1-7-9-17(8-2)14-28-15-19(24(30)27(5)31-6)21(13-23(28)29)26-18-10-11-22(20(25)12-18)32-16(3)4/h7-13,15-16,26H,1-2,14H2,3-6H3/b17-9+. The smallest absolute Gasteiger partial charge is 0.280 e. The summed E-state index contributed by atoms with van der Waals surface area (Å²) in [6.07, 6.45) is 6.45. The maximum atomic E-state index is 12.9. The lowest BCUT2D eigenvalue weighted by Crippen LogP contribution is -2.29. The number of carbonyl (C=O) groups excluding carboxylic acids is 1. The van der Waals surface area contributed by atoms with Gasteiger partial charge in [-0.2, -0.15) is 0 Å². The quantitative estimate of drug-likeness (QED) is 0.403. The van der Waals surface area contributed by atoms with Crippen LogP contribution < -0.4 is 15.6 Å². The highest BCUT2D eigenvalue weighted by molar-refractivity contribution is 6.32. The molecule has 0 atom stereocenters. The zero-order chi connectivity index (χ0) is 23.8. The van der Waals surface area contributed by atoms with E-state index in [0.29, 0.717) is 22.1 Å². The van der Waals surface area contributed by atoms with Gasteiger partial charge in [0, 0.05) is 25.0 Å². The summed E-state index contributed by atoms with van der Waals surface area (Å²) in [7, 11) is 2.88. The number of ether oxygens (including phenoxy) is 1. The average Bonchev–Trinajstić information content (AvgIpc) is 2.75. The van der Waals surface area contributed by atoms with Crippen LogP contribution in [0.4, 0.5) is 11.4 Å².